The molecule has 0 radical (unpaired) electrons. The van der Waals surface area contributed by atoms with E-state index in [1.807, 2.05) is 6.92 Å². The number of hydrogen-bond acceptors (Lipinski definition) is 3. The minimum Gasteiger partial charge on any atom is -0.465 e. The van der Waals surface area contributed by atoms with Crippen LogP contribution in [0.2, 0.25) is 0 Å². The van der Waals surface area contributed by atoms with E-state index in [4.69, 9.17) is 5.73 Å². The van der Waals surface area contributed by atoms with Gasteiger partial charge in [0.1, 0.15) is 0 Å². The third-order valence-corrected chi connectivity index (χ3v) is 4.99. The lowest BCUT2D eigenvalue weighted by atomic mass is 9.79. The van der Waals surface area contributed by atoms with Crippen molar-refractivity contribution in [3.63, 3.8) is 0 Å². The fourth-order valence-corrected chi connectivity index (χ4v) is 3.85. The van der Waals surface area contributed by atoms with Gasteiger partial charge in [-0.25, -0.2) is 4.79 Å². The van der Waals surface area contributed by atoms with E-state index >= 15 is 0 Å². The van der Waals surface area contributed by atoms with Gasteiger partial charge < -0.3 is 21.1 Å². The van der Waals surface area contributed by atoms with Crippen LogP contribution in [-0.4, -0.2) is 29.1 Å². The number of carbonyl (C=O) groups is 3. The molecule has 1 saturated carbocycles. The molecule has 3 atom stereocenters. The molecule has 0 aromatic heterocycles. The molecule has 1 aromatic carbocycles. The molecule has 3 rings (SSSR count). The molecule has 128 valence electrons. The average molecular weight is 331 g/mol. The number of nitrogens with zero attached hydrogens (tertiary/aromatic N) is 1. The number of hydrogen-bond donors (Lipinski definition) is 3. The Bertz CT molecular complexity index is 714. The third-order valence-electron chi connectivity index (χ3n) is 4.99. The van der Waals surface area contributed by atoms with Crippen molar-refractivity contribution in [2.24, 2.45) is 17.6 Å². The molecule has 0 saturated heterocycles. The van der Waals surface area contributed by atoms with Gasteiger partial charge in [0, 0.05) is 30.1 Å². The number of fused-ring (bicyclic) bond motifs is 1. The van der Waals surface area contributed by atoms with E-state index in [2.05, 4.69) is 5.32 Å². The molecule has 1 heterocycles. The molecule has 0 unspecified atom stereocenters. The Morgan fingerprint density at radius 1 is 1.29 bits per heavy atom. The number of carbonyl (C=O) groups excluding carboxylic acids is 2. The molecular weight excluding hydrogens is 310 g/mol. The minimum absolute atomic E-state index is 0.0497. The topological polar surface area (TPSA) is 113 Å². The van der Waals surface area contributed by atoms with Crippen molar-refractivity contribution in [1.29, 1.82) is 0 Å². The second kappa shape index (κ2) is 5.81. The van der Waals surface area contributed by atoms with Gasteiger partial charge in [-0.3, -0.25) is 9.59 Å². The van der Waals surface area contributed by atoms with Crippen molar-refractivity contribution < 1.29 is 19.5 Å². The Balaban J connectivity index is 2.15. The number of nitrogens with two attached hydrogens (primary N) is 1. The molecule has 24 heavy (non-hydrogen) atoms. The van der Waals surface area contributed by atoms with Crippen LogP contribution in [0.15, 0.2) is 18.2 Å². The summed E-state index contributed by atoms with van der Waals surface area (Å²) in [6.45, 7) is 3.46. The SMILES string of the molecule is CC(=O)N1c2ccc(C(N)=O)cc2[C@H](NC(=O)O)[C@@H](C)[C@@H]1C1CC1. The Kier molecular flexibility index (Phi) is 3.95. The van der Waals surface area contributed by atoms with Crippen LogP contribution >= 0.6 is 0 Å². The van der Waals surface area contributed by atoms with Crippen LogP contribution in [-0.2, 0) is 4.79 Å². The first-order valence-corrected chi connectivity index (χ1v) is 8.04. The van der Waals surface area contributed by atoms with Crippen molar-refractivity contribution in [3.8, 4) is 0 Å². The zero-order chi connectivity index (χ0) is 17.6. The fourth-order valence-electron chi connectivity index (χ4n) is 3.85. The predicted octanol–water partition coefficient (Wildman–Crippen LogP) is 1.88. The van der Waals surface area contributed by atoms with Gasteiger partial charge >= 0.3 is 6.09 Å². The maximum Gasteiger partial charge on any atom is 0.405 e. The minimum atomic E-state index is -1.13. The van der Waals surface area contributed by atoms with Gasteiger partial charge in [-0.1, -0.05) is 6.92 Å². The van der Waals surface area contributed by atoms with E-state index in [-0.39, 0.29) is 17.9 Å². The van der Waals surface area contributed by atoms with Crippen LogP contribution in [0, 0.1) is 11.8 Å². The number of nitrogens with one attached hydrogen (secondary N) is 1. The molecule has 4 N–H and O–H groups in total. The summed E-state index contributed by atoms with van der Waals surface area (Å²) in [4.78, 5) is 36.8. The summed E-state index contributed by atoms with van der Waals surface area (Å²) in [5, 5.41) is 11.8. The first-order valence-electron chi connectivity index (χ1n) is 8.04. The zero-order valence-electron chi connectivity index (χ0n) is 13.7. The van der Waals surface area contributed by atoms with Crippen LogP contribution in [0.4, 0.5) is 10.5 Å². The quantitative estimate of drug-likeness (QED) is 0.784. The van der Waals surface area contributed by atoms with Crippen molar-refractivity contribution >= 4 is 23.6 Å². The second-order valence-corrected chi connectivity index (χ2v) is 6.64. The van der Waals surface area contributed by atoms with Crippen LogP contribution in [0.1, 0.15) is 48.7 Å². The van der Waals surface area contributed by atoms with Gasteiger partial charge in [0.25, 0.3) is 0 Å². The fraction of sp³-hybridized carbons (Fsp3) is 0.471. The highest BCUT2D eigenvalue weighted by Crippen LogP contribution is 2.49. The highest BCUT2D eigenvalue weighted by atomic mass is 16.4. The van der Waals surface area contributed by atoms with Crippen molar-refractivity contribution in [1.82, 2.24) is 5.32 Å². The molecule has 3 amide bonds. The first kappa shape index (κ1) is 16.3. The standard InChI is InChI=1S/C17H21N3O4/c1-8-14(19-17(23)24)12-7-11(16(18)22)5-6-13(12)20(9(2)21)15(8)10-3-4-10/h5-8,10,14-15,19H,3-4H2,1-2H3,(H2,18,22)(H,23,24)/t8-,14-,15-/m1/s1. The van der Waals surface area contributed by atoms with E-state index in [1.54, 1.807) is 23.1 Å². The molecule has 1 fully saturated rings. The van der Waals surface area contributed by atoms with E-state index in [1.165, 1.54) is 6.92 Å². The Morgan fingerprint density at radius 2 is 1.96 bits per heavy atom. The first-order chi connectivity index (χ1) is 11.3. The maximum absolute atomic E-state index is 12.3. The molecule has 0 bridgehead atoms. The number of anilines is 1. The smallest absolute Gasteiger partial charge is 0.405 e. The number of rotatable bonds is 3. The van der Waals surface area contributed by atoms with E-state index in [9.17, 15) is 19.5 Å². The zero-order valence-corrected chi connectivity index (χ0v) is 13.7. The molecule has 1 aliphatic carbocycles. The predicted molar refractivity (Wildman–Crippen MR) is 87.7 cm³/mol. The Labute approximate surface area is 139 Å². The summed E-state index contributed by atoms with van der Waals surface area (Å²) in [5.74, 6) is -0.391. The highest BCUT2D eigenvalue weighted by Gasteiger charge is 2.47. The molecule has 1 aromatic rings. The Hall–Kier alpha value is -2.57. The van der Waals surface area contributed by atoms with Crippen molar-refractivity contribution in [3.05, 3.63) is 29.3 Å². The van der Waals surface area contributed by atoms with Gasteiger partial charge in [-0.05, 0) is 42.5 Å². The Morgan fingerprint density at radius 3 is 2.46 bits per heavy atom. The van der Waals surface area contributed by atoms with E-state index in [0.29, 0.717) is 22.7 Å². The lowest BCUT2D eigenvalue weighted by Crippen LogP contribution is -2.53. The lowest BCUT2D eigenvalue weighted by Gasteiger charge is -2.45. The van der Waals surface area contributed by atoms with E-state index in [0.717, 1.165) is 12.8 Å². The molecule has 1 aliphatic heterocycles. The monoisotopic (exact) mass is 331 g/mol. The van der Waals surface area contributed by atoms with E-state index < -0.39 is 18.0 Å². The van der Waals surface area contributed by atoms with Crippen LogP contribution in [0.5, 0.6) is 0 Å². The average Bonchev–Trinajstić information content (AvgIpc) is 3.32. The van der Waals surface area contributed by atoms with Crippen LogP contribution in [0.3, 0.4) is 0 Å². The summed E-state index contributed by atoms with van der Waals surface area (Å²) in [5.41, 5.74) is 6.92. The maximum atomic E-state index is 12.3. The summed E-state index contributed by atoms with van der Waals surface area (Å²) in [6, 6.07) is 4.32. The summed E-state index contributed by atoms with van der Waals surface area (Å²) >= 11 is 0. The number of carboxylic acid groups (broad SMARTS) is 1. The highest BCUT2D eigenvalue weighted by molar-refractivity contribution is 5.97. The van der Waals surface area contributed by atoms with Crippen molar-refractivity contribution in [2.75, 3.05) is 4.90 Å². The normalized spacial score (nSPS) is 25.8. The molecule has 0 spiro atoms. The van der Waals surface area contributed by atoms with Gasteiger partial charge in [0.05, 0.1) is 6.04 Å². The molecule has 2 aliphatic rings. The lowest BCUT2D eigenvalue weighted by molar-refractivity contribution is -0.117. The third kappa shape index (κ3) is 2.70. The number of amides is 3. The summed E-state index contributed by atoms with van der Waals surface area (Å²) in [7, 11) is 0. The summed E-state index contributed by atoms with van der Waals surface area (Å²) in [6.07, 6.45) is 0.939. The van der Waals surface area contributed by atoms with Gasteiger partial charge in [0.2, 0.25) is 11.8 Å². The summed E-state index contributed by atoms with van der Waals surface area (Å²) < 4.78 is 0. The number of primary amides is 1. The molecule has 7 nitrogen and oxygen atoms in total. The van der Waals surface area contributed by atoms with Gasteiger partial charge in [-0.2, -0.15) is 0 Å². The number of benzene rings is 1. The molecular formula is C17H21N3O4. The van der Waals surface area contributed by atoms with Crippen LogP contribution in [0.25, 0.3) is 0 Å². The largest absolute Gasteiger partial charge is 0.465 e. The van der Waals surface area contributed by atoms with Crippen molar-refractivity contribution in [2.45, 2.75) is 38.8 Å². The second-order valence-electron chi connectivity index (χ2n) is 6.64. The molecule has 7 heteroatoms. The van der Waals surface area contributed by atoms with Gasteiger partial charge in [-0.15, -0.1) is 0 Å². The van der Waals surface area contributed by atoms with Crippen LogP contribution < -0.4 is 16.0 Å². The van der Waals surface area contributed by atoms with Gasteiger partial charge in [0.15, 0.2) is 0 Å².